The molecule has 1 aromatic carbocycles. The van der Waals surface area contributed by atoms with Gasteiger partial charge in [0.2, 0.25) is 0 Å². The van der Waals surface area contributed by atoms with E-state index in [-0.39, 0.29) is 11.6 Å². The van der Waals surface area contributed by atoms with Crippen molar-refractivity contribution in [2.24, 2.45) is 0 Å². The van der Waals surface area contributed by atoms with E-state index < -0.39 is 5.54 Å². The van der Waals surface area contributed by atoms with E-state index in [1.54, 1.807) is 35.2 Å². The van der Waals surface area contributed by atoms with E-state index in [0.29, 0.717) is 6.42 Å². The summed E-state index contributed by atoms with van der Waals surface area (Å²) in [6.07, 6.45) is 9.48. The number of aliphatic hydroxyl groups is 1. The molecule has 1 unspecified atom stereocenters. The number of aliphatic hydroxyl groups excluding tert-OH is 1. The first kappa shape index (κ1) is 11.7. The molecule has 1 N–H and O–H groups in total. The topological polar surface area (TPSA) is 38.0 Å². The van der Waals surface area contributed by atoms with E-state index in [1.165, 1.54) is 12.1 Å². The number of nitrogens with zero attached hydrogens (tertiary/aromatic N) is 2. The molecule has 0 fully saturated rings. The van der Waals surface area contributed by atoms with Crippen LogP contribution in [-0.4, -0.2) is 14.9 Å². The number of halogens is 1. The SMILES string of the molecule is OC1=CC(c2ccc(F)cc2)(n2cccn2)CC=C1. The minimum absolute atomic E-state index is 0.186. The maximum atomic E-state index is 13.1. The standard InChI is InChI=1S/C15H13FN2O/c16-13-6-4-12(5-7-13)15(18-10-2-9-17-18)8-1-3-14(19)11-15/h1-7,9-11,19H,8H2. The second-order valence-electron chi connectivity index (χ2n) is 4.56. The maximum absolute atomic E-state index is 13.1. The fourth-order valence-corrected chi connectivity index (χ4v) is 2.45. The van der Waals surface area contributed by atoms with Crippen LogP contribution in [0.15, 0.2) is 66.7 Å². The van der Waals surface area contributed by atoms with Crippen molar-refractivity contribution in [1.29, 1.82) is 0 Å². The molecule has 1 aliphatic rings. The Morgan fingerprint density at radius 1 is 1.26 bits per heavy atom. The fraction of sp³-hybridized carbons (Fsp3) is 0.133. The van der Waals surface area contributed by atoms with Gasteiger partial charge < -0.3 is 5.11 Å². The van der Waals surface area contributed by atoms with Crippen LogP contribution in [0, 0.1) is 5.82 Å². The van der Waals surface area contributed by atoms with E-state index in [2.05, 4.69) is 5.10 Å². The smallest absolute Gasteiger partial charge is 0.123 e. The zero-order chi connectivity index (χ0) is 13.3. The summed E-state index contributed by atoms with van der Waals surface area (Å²) in [6.45, 7) is 0. The monoisotopic (exact) mass is 256 g/mol. The van der Waals surface area contributed by atoms with Crippen LogP contribution in [0.2, 0.25) is 0 Å². The first-order valence-electron chi connectivity index (χ1n) is 6.05. The van der Waals surface area contributed by atoms with Crippen molar-refractivity contribution < 1.29 is 9.50 Å². The fourth-order valence-electron chi connectivity index (χ4n) is 2.45. The van der Waals surface area contributed by atoms with E-state index in [1.807, 2.05) is 18.3 Å². The Morgan fingerprint density at radius 3 is 2.68 bits per heavy atom. The number of rotatable bonds is 2. The second-order valence-corrected chi connectivity index (χ2v) is 4.56. The van der Waals surface area contributed by atoms with Crippen LogP contribution in [-0.2, 0) is 5.54 Å². The summed E-state index contributed by atoms with van der Waals surface area (Å²) in [7, 11) is 0. The maximum Gasteiger partial charge on any atom is 0.123 e. The summed E-state index contributed by atoms with van der Waals surface area (Å²) in [6, 6.07) is 8.11. The summed E-state index contributed by atoms with van der Waals surface area (Å²) >= 11 is 0. The van der Waals surface area contributed by atoms with Gasteiger partial charge in [-0.05, 0) is 42.3 Å². The molecule has 4 heteroatoms. The third-order valence-corrected chi connectivity index (χ3v) is 3.36. The van der Waals surface area contributed by atoms with Crippen LogP contribution >= 0.6 is 0 Å². The lowest BCUT2D eigenvalue weighted by Gasteiger charge is -2.32. The lowest BCUT2D eigenvalue weighted by Crippen LogP contribution is -2.34. The second kappa shape index (κ2) is 4.39. The van der Waals surface area contributed by atoms with Crippen LogP contribution in [0.1, 0.15) is 12.0 Å². The van der Waals surface area contributed by atoms with E-state index in [4.69, 9.17) is 0 Å². The van der Waals surface area contributed by atoms with Gasteiger partial charge in [0.1, 0.15) is 17.1 Å². The van der Waals surface area contributed by atoms with Crippen molar-refractivity contribution in [3.8, 4) is 0 Å². The van der Waals surface area contributed by atoms with Gasteiger partial charge in [-0.1, -0.05) is 18.2 Å². The van der Waals surface area contributed by atoms with Crippen molar-refractivity contribution in [3.05, 3.63) is 78.1 Å². The molecule has 1 aliphatic carbocycles. The van der Waals surface area contributed by atoms with Gasteiger partial charge in [0, 0.05) is 12.4 Å². The molecule has 3 nitrogen and oxygen atoms in total. The summed E-state index contributed by atoms with van der Waals surface area (Å²) in [4.78, 5) is 0. The quantitative estimate of drug-likeness (QED) is 0.896. The molecule has 0 saturated carbocycles. The molecule has 1 atom stereocenters. The van der Waals surface area contributed by atoms with Crippen LogP contribution < -0.4 is 0 Å². The van der Waals surface area contributed by atoms with Gasteiger partial charge in [-0.3, -0.25) is 4.68 Å². The molecule has 0 saturated heterocycles. The third kappa shape index (κ3) is 1.95. The highest BCUT2D eigenvalue weighted by atomic mass is 19.1. The highest BCUT2D eigenvalue weighted by Crippen LogP contribution is 2.35. The lowest BCUT2D eigenvalue weighted by molar-refractivity contribution is 0.360. The van der Waals surface area contributed by atoms with Crippen molar-refractivity contribution in [2.75, 3.05) is 0 Å². The predicted octanol–water partition coefficient (Wildman–Crippen LogP) is 3.17. The van der Waals surface area contributed by atoms with Gasteiger partial charge >= 0.3 is 0 Å². The Hall–Kier alpha value is -2.36. The molecule has 0 spiro atoms. The normalized spacial score (nSPS) is 22.3. The first-order chi connectivity index (χ1) is 9.21. The predicted molar refractivity (Wildman–Crippen MR) is 70.2 cm³/mol. The first-order valence-corrected chi connectivity index (χ1v) is 6.05. The summed E-state index contributed by atoms with van der Waals surface area (Å²) < 4.78 is 14.9. The largest absolute Gasteiger partial charge is 0.508 e. The molecule has 2 aromatic rings. The Labute approximate surface area is 110 Å². The number of hydrogen-bond acceptors (Lipinski definition) is 2. The van der Waals surface area contributed by atoms with Crippen molar-refractivity contribution in [1.82, 2.24) is 9.78 Å². The van der Waals surface area contributed by atoms with Crippen molar-refractivity contribution in [3.63, 3.8) is 0 Å². The Morgan fingerprint density at radius 2 is 2.05 bits per heavy atom. The van der Waals surface area contributed by atoms with Gasteiger partial charge in [-0.25, -0.2) is 4.39 Å². The minimum atomic E-state index is -0.601. The Balaban J connectivity index is 2.18. The molecule has 0 bridgehead atoms. The van der Waals surface area contributed by atoms with Gasteiger partial charge in [0.05, 0.1) is 0 Å². The lowest BCUT2D eigenvalue weighted by atomic mass is 9.83. The molecule has 1 aromatic heterocycles. The average Bonchev–Trinajstić information content (AvgIpc) is 2.93. The van der Waals surface area contributed by atoms with Crippen LogP contribution in [0.3, 0.4) is 0 Å². The molecule has 0 radical (unpaired) electrons. The number of allylic oxidation sites excluding steroid dienone is 3. The van der Waals surface area contributed by atoms with Crippen LogP contribution in [0.5, 0.6) is 0 Å². The van der Waals surface area contributed by atoms with Crippen molar-refractivity contribution >= 4 is 0 Å². The average molecular weight is 256 g/mol. The zero-order valence-corrected chi connectivity index (χ0v) is 10.2. The number of aromatic nitrogens is 2. The van der Waals surface area contributed by atoms with E-state index in [0.717, 1.165) is 5.56 Å². The summed E-state index contributed by atoms with van der Waals surface area (Å²) in [5.74, 6) is -0.0926. The number of hydrogen-bond donors (Lipinski definition) is 1. The number of benzene rings is 1. The van der Waals surface area contributed by atoms with Gasteiger partial charge in [0.25, 0.3) is 0 Å². The molecule has 19 heavy (non-hydrogen) atoms. The molecular formula is C15H13FN2O. The summed E-state index contributed by atoms with van der Waals surface area (Å²) in [5.41, 5.74) is 0.282. The molecular weight excluding hydrogens is 243 g/mol. The van der Waals surface area contributed by atoms with Crippen LogP contribution in [0.4, 0.5) is 4.39 Å². The van der Waals surface area contributed by atoms with Gasteiger partial charge in [-0.15, -0.1) is 0 Å². The molecule has 0 amide bonds. The Kier molecular flexibility index (Phi) is 2.71. The molecule has 1 heterocycles. The zero-order valence-electron chi connectivity index (χ0n) is 10.2. The Bertz CT molecular complexity index is 629. The van der Waals surface area contributed by atoms with Crippen LogP contribution in [0.25, 0.3) is 0 Å². The van der Waals surface area contributed by atoms with Gasteiger partial charge in [-0.2, -0.15) is 5.10 Å². The molecule has 0 aliphatic heterocycles. The van der Waals surface area contributed by atoms with E-state index >= 15 is 0 Å². The van der Waals surface area contributed by atoms with Gasteiger partial charge in [0.15, 0.2) is 0 Å². The highest BCUT2D eigenvalue weighted by molar-refractivity contribution is 5.37. The third-order valence-electron chi connectivity index (χ3n) is 3.36. The van der Waals surface area contributed by atoms with E-state index in [9.17, 15) is 9.50 Å². The minimum Gasteiger partial charge on any atom is -0.508 e. The molecule has 96 valence electrons. The summed E-state index contributed by atoms with van der Waals surface area (Å²) in [5, 5.41) is 14.1. The highest BCUT2D eigenvalue weighted by Gasteiger charge is 2.33. The molecule has 3 rings (SSSR count). The van der Waals surface area contributed by atoms with Crippen molar-refractivity contribution in [2.45, 2.75) is 12.0 Å².